The Labute approximate surface area is 139 Å². The van der Waals surface area contributed by atoms with Crippen LogP contribution in [0.2, 0.25) is 0 Å². The molecule has 0 saturated carbocycles. The highest BCUT2D eigenvalue weighted by molar-refractivity contribution is 5.85. The first kappa shape index (κ1) is 19.7. The molecule has 1 fully saturated rings. The standard InChI is InChI=1S/C15H19F3N2O2.ClH/c1-10(20-14(21)13-9-22-7-6-19-13)8-11-2-4-12(5-3-11)15(16,17)18;/h2-5,10,13,19H,6-9H2,1H3,(H,20,21);1H. The van der Waals surface area contributed by atoms with Crippen LogP contribution in [-0.4, -0.2) is 37.7 Å². The maximum atomic E-state index is 12.5. The van der Waals surface area contributed by atoms with Crippen molar-refractivity contribution in [3.05, 3.63) is 35.4 Å². The number of benzene rings is 1. The lowest BCUT2D eigenvalue weighted by Gasteiger charge is -2.24. The predicted octanol–water partition coefficient (Wildman–Crippen LogP) is 2.16. The van der Waals surface area contributed by atoms with Gasteiger partial charge in [0.2, 0.25) is 5.91 Å². The molecule has 2 rings (SSSR count). The van der Waals surface area contributed by atoms with Gasteiger partial charge in [0.25, 0.3) is 0 Å². The average molecular weight is 353 g/mol. The van der Waals surface area contributed by atoms with E-state index in [0.717, 1.165) is 17.7 Å². The Morgan fingerprint density at radius 3 is 2.57 bits per heavy atom. The first-order chi connectivity index (χ1) is 10.4. The summed E-state index contributed by atoms with van der Waals surface area (Å²) in [5, 5.41) is 5.89. The molecule has 1 amide bonds. The van der Waals surface area contributed by atoms with Crippen molar-refractivity contribution in [2.75, 3.05) is 19.8 Å². The van der Waals surface area contributed by atoms with E-state index in [4.69, 9.17) is 4.74 Å². The van der Waals surface area contributed by atoms with Gasteiger partial charge in [-0.3, -0.25) is 4.79 Å². The second kappa shape index (κ2) is 8.52. The fourth-order valence-corrected chi connectivity index (χ4v) is 2.31. The zero-order valence-electron chi connectivity index (χ0n) is 12.7. The molecular formula is C15H20ClF3N2O2. The number of morpholine rings is 1. The minimum absolute atomic E-state index is 0. The molecule has 1 heterocycles. The minimum Gasteiger partial charge on any atom is -0.378 e. The van der Waals surface area contributed by atoms with Crippen molar-refractivity contribution in [3.63, 3.8) is 0 Å². The highest BCUT2D eigenvalue weighted by Gasteiger charge is 2.30. The first-order valence-electron chi connectivity index (χ1n) is 7.14. The topological polar surface area (TPSA) is 50.4 Å². The number of hydrogen-bond acceptors (Lipinski definition) is 3. The van der Waals surface area contributed by atoms with Crippen molar-refractivity contribution >= 4 is 18.3 Å². The molecule has 23 heavy (non-hydrogen) atoms. The van der Waals surface area contributed by atoms with Crippen molar-refractivity contribution in [1.82, 2.24) is 10.6 Å². The lowest BCUT2D eigenvalue weighted by atomic mass is 10.0. The molecule has 1 aromatic carbocycles. The van der Waals surface area contributed by atoms with Gasteiger partial charge in [0, 0.05) is 12.6 Å². The summed E-state index contributed by atoms with van der Waals surface area (Å²) in [5.41, 5.74) is 0.0742. The van der Waals surface area contributed by atoms with E-state index < -0.39 is 11.7 Å². The summed E-state index contributed by atoms with van der Waals surface area (Å²) in [6.07, 6.45) is -3.86. The quantitative estimate of drug-likeness (QED) is 0.873. The Morgan fingerprint density at radius 2 is 2.04 bits per heavy atom. The molecule has 1 aliphatic rings. The fourth-order valence-electron chi connectivity index (χ4n) is 2.31. The summed E-state index contributed by atoms with van der Waals surface area (Å²) in [7, 11) is 0. The number of halogens is 4. The van der Waals surface area contributed by atoms with Crippen LogP contribution in [-0.2, 0) is 22.1 Å². The van der Waals surface area contributed by atoms with Crippen LogP contribution in [0.15, 0.2) is 24.3 Å². The minimum atomic E-state index is -4.33. The number of alkyl halides is 3. The number of rotatable bonds is 4. The monoisotopic (exact) mass is 352 g/mol. The van der Waals surface area contributed by atoms with E-state index in [1.807, 2.05) is 6.92 Å². The van der Waals surface area contributed by atoms with Crippen LogP contribution in [0, 0.1) is 0 Å². The number of carbonyl (C=O) groups is 1. The first-order valence-corrected chi connectivity index (χ1v) is 7.14. The Hall–Kier alpha value is -1.31. The third kappa shape index (κ3) is 6.01. The average Bonchev–Trinajstić information content (AvgIpc) is 2.47. The summed E-state index contributed by atoms with van der Waals surface area (Å²) < 4.78 is 42.7. The molecule has 1 aliphatic heterocycles. The smallest absolute Gasteiger partial charge is 0.378 e. The van der Waals surface area contributed by atoms with E-state index in [-0.39, 0.29) is 30.4 Å². The number of ether oxygens (including phenoxy) is 1. The van der Waals surface area contributed by atoms with Gasteiger partial charge in [0.1, 0.15) is 6.04 Å². The van der Waals surface area contributed by atoms with Crippen molar-refractivity contribution in [2.24, 2.45) is 0 Å². The van der Waals surface area contributed by atoms with Gasteiger partial charge in [-0.2, -0.15) is 13.2 Å². The zero-order valence-corrected chi connectivity index (χ0v) is 13.5. The summed E-state index contributed by atoms with van der Waals surface area (Å²) >= 11 is 0. The summed E-state index contributed by atoms with van der Waals surface area (Å²) in [4.78, 5) is 12.0. The summed E-state index contributed by atoms with van der Waals surface area (Å²) in [5.74, 6) is -0.154. The normalized spacial score (nSPS) is 19.6. The van der Waals surface area contributed by atoms with Crippen molar-refractivity contribution < 1.29 is 22.7 Å². The van der Waals surface area contributed by atoms with E-state index in [1.54, 1.807) is 0 Å². The van der Waals surface area contributed by atoms with Crippen LogP contribution in [0.1, 0.15) is 18.1 Å². The third-order valence-corrected chi connectivity index (χ3v) is 3.45. The van der Waals surface area contributed by atoms with E-state index in [1.165, 1.54) is 12.1 Å². The number of amides is 1. The molecular weight excluding hydrogens is 333 g/mol. The van der Waals surface area contributed by atoms with E-state index in [0.29, 0.717) is 26.2 Å². The Kier molecular flexibility index (Phi) is 7.31. The van der Waals surface area contributed by atoms with E-state index >= 15 is 0 Å². The Bertz CT molecular complexity index is 502. The zero-order chi connectivity index (χ0) is 16.2. The third-order valence-electron chi connectivity index (χ3n) is 3.45. The number of carbonyl (C=O) groups excluding carboxylic acids is 1. The Morgan fingerprint density at radius 1 is 1.39 bits per heavy atom. The predicted molar refractivity (Wildman–Crippen MR) is 82.6 cm³/mol. The molecule has 0 aromatic heterocycles. The Balaban J connectivity index is 0.00000264. The molecule has 1 aromatic rings. The molecule has 2 N–H and O–H groups in total. The molecule has 4 nitrogen and oxygen atoms in total. The van der Waals surface area contributed by atoms with Gasteiger partial charge >= 0.3 is 6.18 Å². The van der Waals surface area contributed by atoms with Gasteiger partial charge in [0.05, 0.1) is 18.8 Å². The van der Waals surface area contributed by atoms with Crippen LogP contribution >= 0.6 is 12.4 Å². The molecule has 1 saturated heterocycles. The van der Waals surface area contributed by atoms with Crippen molar-refractivity contribution in [2.45, 2.75) is 31.6 Å². The molecule has 2 atom stereocenters. The SMILES string of the molecule is CC(Cc1ccc(C(F)(F)F)cc1)NC(=O)C1COCCN1.Cl. The number of hydrogen-bond donors (Lipinski definition) is 2. The molecule has 0 spiro atoms. The molecule has 0 radical (unpaired) electrons. The molecule has 8 heteroatoms. The lowest BCUT2D eigenvalue weighted by molar-refractivity contribution is -0.137. The fraction of sp³-hybridized carbons (Fsp3) is 0.533. The molecule has 2 unspecified atom stereocenters. The van der Waals surface area contributed by atoms with Gasteiger partial charge < -0.3 is 15.4 Å². The largest absolute Gasteiger partial charge is 0.416 e. The van der Waals surface area contributed by atoms with Gasteiger partial charge in [-0.1, -0.05) is 12.1 Å². The second-order valence-electron chi connectivity index (χ2n) is 5.39. The number of nitrogens with one attached hydrogen (secondary N) is 2. The summed E-state index contributed by atoms with van der Waals surface area (Å²) in [6, 6.07) is 4.44. The second-order valence-corrected chi connectivity index (χ2v) is 5.39. The van der Waals surface area contributed by atoms with Gasteiger partial charge in [-0.25, -0.2) is 0 Å². The van der Waals surface area contributed by atoms with Crippen molar-refractivity contribution in [3.8, 4) is 0 Å². The molecule has 0 aliphatic carbocycles. The van der Waals surface area contributed by atoms with Crippen LogP contribution < -0.4 is 10.6 Å². The van der Waals surface area contributed by atoms with Crippen LogP contribution in [0.4, 0.5) is 13.2 Å². The van der Waals surface area contributed by atoms with E-state index in [9.17, 15) is 18.0 Å². The molecule has 0 bridgehead atoms. The maximum Gasteiger partial charge on any atom is 0.416 e. The summed E-state index contributed by atoms with van der Waals surface area (Å²) in [6.45, 7) is 3.37. The van der Waals surface area contributed by atoms with Gasteiger partial charge in [-0.15, -0.1) is 12.4 Å². The van der Waals surface area contributed by atoms with Crippen LogP contribution in [0.25, 0.3) is 0 Å². The molecule has 130 valence electrons. The highest BCUT2D eigenvalue weighted by atomic mass is 35.5. The van der Waals surface area contributed by atoms with E-state index in [2.05, 4.69) is 10.6 Å². The van der Waals surface area contributed by atoms with Crippen LogP contribution in [0.3, 0.4) is 0 Å². The van der Waals surface area contributed by atoms with Crippen molar-refractivity contribution in [1.29, 1.82) is 0 Å². The van der Waals surface area contributed by atoms with Gasteiger partial charge in [-0.05, 0) is 31.0 Å². The maximum absolute atomic E-state index is 12.5. The highest BCUT2D eigenvalue weighted by Crippen LogP contribution is 2.29. The lowest BCUT2D eigenvalue weighted by Crippen LogP contribution is -2.53. The van der Waals surface area contributed by atoms with Crippen LogP contribution in [0.5, 0.6) is 0 Å². The van der Waals surface area contributed by atoms with Gasteiger partial charge in [0.15, 0.2) is 0 Å².